The smallest absolute Gasteiger partial charge is 0.341 e. The first-order chi connectivity index (χ1) is 18.2. The third-order valence-electron chi connectivity index (χ3n) is 6.38. The molecule has 1 atom stereocenters. The fourth-order valence-corrected chi connectivity index (χ4v) is 6.81. The van der Waals surface area contributed by atoms with E-state index in [2.05, 4.69) is 15.5 Å². The van der Waals surface area contributed by atoms with Gasteiger partial charge in [-0.3, -0.25) is 4.79 Å². The van der Waals surface area contributed by atoms with Gasteiger partial charge in [-0.1, -0.05) is 23.4 Å². The van der Waals surface area contributed by atoms with Crippen LogP contribution in [-0.2, 0) is 28.9 Å². The third-order valence-corrected chi connectivity index (χ3v) is 9.15. The number of aromatic nitrogens is 3. The highest BCUT2D eigenvalue weighted by atomic mass is 35.5. The molecule has 1 aliphatic rings. The molecule has 38 heavy (non-hydrogen) atoms. The molecule has 0 aliphatic heterocycles. The van der Waals surface area contributed by atoms with Crippen LogP contribution < -0.4 is 10.1 Å². The van der Waals surface area contributed by atoms with Crippen LogP contribution in [0.3, 0.4) is 0 Å². The molecular weight excluding hydrogens is 544 g/mol. The summed E-state index contributed by atoms with van der Waals surface area (Å²) in [5.41, 5.74) is 3.44. The van der Waals surface area contributed by atoms with Crippen LogP contribution in [0, 0.1) is 13.8 Å². The van der Waals surface area contributed by atoms with E-state index in [9.17, 15) is 9.59 Å². The Morgan fingerprint density at radius 3 is 2.58 bits per heavy atom. The average molecular weight is 577 g/mol. The zero-order chi connectivity index (χ0) is 27.4. The molecule has 204 valence electrons. The Bertz CT molecular complexity index is 1310. The lowest BCUT2D eigenvalue weighted by molar-refractivity contribution is -0.113. The van der Waals surface area contributed by atoms with Crippen LogP contribution in [-0.4, -0.2) is 39.0 Å². The number of rotatable bonds is 10. The first-order valence-corrected chi connectivity index (χ1v) is 15.0. The number of esters is 1. The van der Waals surface area contributed by atoms with Crippen molar-refractivity contribution in [3.05, 3.63) is 50.1 Å². The first kappa shape index (κ1) is 28.4. The van der Waals surface area contributed by atoms with Crippen molar-refractivity contribution in [3.8, 4) is 5.75 Å². The summed E-state index contributed by atoms with van der Waals surface area (Å²) in [6, 6.07) is 3.82. The fraction of sp³-hybridized carbons (Fsp3) is 0.481. The quantitative estimate of drug-likeness (QED) is 0.216. The molecule has 11 heteroatoms. The van der Waals surface area contributed by atoms with Gasteiger partial charge in [0.15, 0.2) is 17.1 Å². The normalized spacial score (nSPS) is 13.6. The monoisotopic (exact) mass is 576 g/mol. The van der Waals surface area contributed by atoms with Crippen molar-refractivity contribution in [1.29, 1.82) is 0 Å². The summed E-state index contributed by atoms with van der Waals surface area (Å²) < 4.78 is 13.4. The summed E-state index contributed by atoms with van der Waals surface area (Å²) in [6.45, 7) is 10.5. The number of halogens is 1. The number of amides is 1. The summed E-state index contributed by atoms with van der Waals surface area (Å²) in [6.07, 6.45) is 3.54. The van der Waals surface area contributed by atoms with Crippen LogP contribution in [0.4, 0.5) is 5.00 Å². The van der Waals surface area contributed by atoms with Crippen molar-refractivity contribution in [2.24, 2.45) is 0 Å². The van der Waals surface area contributed by atoms with Crippen molar-refractivity contribution in [2.45, 2.75) is 78.1 Å². The predicted molar refractivity (Wildman–Crippen MR) is 152 cm³/mol. The van der Waals surface area contributed by atoms with Crippen LogP contribution in [0.1, 0.15) is 77.5 Å². The van der Waals surface area contributed by atoms with Crippen LogP contribution in [0.25, 0.3) is 0 Å². The van der Waals surface area contributed by atoms with Crippen molar-refractivity contribution in [3.63, 3.8) is 0 Å². The van der Waals surface area contributed by atoms with Crippen molar-refractivity contribution >= 4 is 51.6 Å². The molecule has 1 aliphatic carbocycles. The SMILES string of the molecule is CCOC(=O)c1c(NC(=O)CSc2nnc(C(C)Oc3cc(C)c(Cl)c(C)c3)n2CC)sc2c1CCCC2. The molecule has 8 nitrogen and oxygen atoms in total. The van der Waals surface area contributed by atoms with Gasteiger partial charge in [-0.2, -0.15) is 0 Å². The molecule has 3 aromatic rings. The third kappa shape index (κ3) is 6.18. The van der Waals surface area contributed by atoms with Gasteiger partial charge in [0.1, 0.15) is 10.8 Å². The van der Waals surface area contributed by atoms with E-state index in [-0.39, 0.29) is 23.7 Å². The minimum atomic E-state index is -0.370. The number of hydrogen-bond donors (Lipinski definition) is 1. The minimum Gasteiger partial charge on any atom is -0.483 e. The van der Waals surface area contributed by atoms with E-state index in [0.29, 0.717) is 40.4 Å². The van der Waals surface area contributed by atoms with Gasteiger partial charge >= 0.3 is 5.97 Å². The topological polar surface area (TPSA) is 95.3 Å². The highest BCUT2D eigenvalue weighted by Gasteiger charge is 2.27. The molecule has 4 rings (SSSR count). The van der Waals surface area contributed by atoms with Gasteiger partial charge in [0.25, 0.3) is 0 Å². The lowest BCUT2D eigenvalue weighted by Gasteiger charge is -2.17. The number of hydrogen-bond acceptors (Lipinski definition) is 8. The number of thiophene rings is 1. The fourth-order valence-electron chi connectivity index (χ4n) is 4.60. The van der Waals surface area contributed by atoms with E-state index in [0.717, 1.165) is 52.3 Å². The minimum absolute atomic E-state index is 0.133. The number of aryl methyl sites for hydroxylation is 3. The maximum Gasteiger partial charge on any atom is 0.341 e. The number of thioether (sulfide) groups is 1. The standard InChI is InChI=1S/C27H33ClN4O4S2/c1-6-32-24(17(5)36-18-12-15(3)23(28)16(4)13-18)30-31-27(32)37-14-21(33)29-25-22(26(34)35-7-2)19-10-8-9-11-20(19)38-25/h12-13,17H,6-11,14H2,1-5H3,(H,29,33). The molecule has 0 spiro atoms. The van der Waals surface area contributed by atoms with Gasteiger partial charge in [0.05, 0.1) is 17.9 Å². The van der Waals surface area contributed by atoms with Gasteiger partial charge in [0, 0.05) is 16.4 Å². The number of carbonyl (C=O) groups is 2. The number of ether oxygens (including phenoxy) is 2. The number of nitrogens with one attached hydrogen (secondary N) is 1. The maximum absolute atomic E-state index is 12.9. The molecule has 0 saturated heterocycles. The van der Waals surface area contributed by atoms with Crippen LogP contribution in [0.5, 0.6) is 5.75 Å². The summed E-state index contributed by atoms with van der Waals surface area (Å²) in [7, 11) is 0. The van der Waals surface area contributed by atoms with Gasteiger partial charge in [-0.15, -0.1) is 21.5 Å². The lowest BCUT2D eigenvalue weighted by atomic mass is 9.95. The maximum atomic E-state index is 12.9. The van der Waals surface area contributed by atoms with E-state index in [1.165, 1.54) is 23.1 Å². The Morgan fingerprint density at radius 1 is 1.18 bits per heavy atom. The molecule has 0 radical (unpaired) electrons. The molecule has 2 aromatic heterocycles. The summed E-state index contributed by atoms with van der Waals surface area (Å²) in [5.74, 6) is 0.949. The number of carbonyl (C=O) groups excluding carboxylic acids is 2. The second-order valence-electron chi connectivity index (χ2n) is 9.19. The van der Waals surface area contributed by atoms with Gasteiger partial charge in [-0.25, -0.2) is 4.79 Å². The molecular formula is C27H33ClN4O4S2. The van der Waals surface area contributed by atoms with Gasteiger partial charge in [0.2, 0.25) is 5.91 Å². The zero-order valence-electron chi connectivity index (χ0n) is 22.4. The highest BCUT2D eigenvalue weighted by molar-refractivity contribution is 7.99. The summed E-state index contributed by atoms with van der Waals surface area (Å²) in [4.78, 5) is 26.8. The molecule has 1 N–H and O–H groups in total. The second kappa shape index (κ2) is 12.5. The average Bonchev–Trinajstić information content (AvgIpc) is 3.46. The second-order valence-corrected chi connectivity index (χ2v) is 11.6. The molecule has 0 saturated carbocycles. The summed E-state index contributed by atoms with van der Waals surface area (Å²) in [5, 5.41) is 13.6. The Morgan fingerprint density at radius 2 is 1.89 bits per heavy atom. The number of nitrogens with zero attached hydrogens (tertiary/aromatic N) is 3. The van der Waals surface area contributed by atoms with Crippen LogP contribution in [0.2, 0.25) is 5.02 Å². The van der Waals surface area contributed by atoms with Crippen molar-refractivity contribution < 1.29 is 19.1 Å². The number of anilines is 1. The molecule has 1 unspecified atom stereocenters. The van der Waals surface area contributed by atoms with Crippen LogP contribution >= 0.6 is 34.7 Å². The molecule has 1 amide bonds. The molecule has 1 aromatic carbocycles. The van der Waals surface area contributed by atoms with Crippen molar-refractivity contribution in [2.75, 3.05) is 17.7 Å². The zero-order valence-corrected chi connectivity index (χ0v) is 24.7. The largest absolute Gasteiger partial charge is 0.483 e. The van der Waals surface area contributed by atoms with E-state index in [1.807, 2.05) is 44.4 Å². The highest BCUT2D eigenvalue weighted by Crippen LogP contribution is 2.39. The van der Waals surface area contributed by atoms with Crippen molar-refractivity contribution in [1.82, 2.24) is 14.8 Å². The first-order valence-electron chi connectivity index (χ1n) is 12.8. The molecule has 0 bridgehead atoms. The predicted octanol–water partition coefficient (Wildman–Crippen LogP) is 6.56. The van der Waals surface area contributed by atoms with Gasteiger partial charge < -0.3 is 19.4 Å². The Kier molecular flexibility index (Phi) is 9.38. The summed E-state index contributed by atoms with van der Waals surface area (Å²) >= 11 is 9.08. The Labute approximate surface area is 236 Å². The van der Waals surface area contributed by atoms with E-state index < -0.39 is 0 Å². The van der Waals surface area contributed by atoms with E-state index >= 15 is 0 Å². The number of benzene rings is 1. The Hall–Kier alpha value is -2.56. The van der Waals surface area contributed by atoms with E-state index in [4.69, 9.17) is 21.1 Å². The van der Waals surface area contributed by atoms with Gasteiger partial charge in [-0.05, 0) is 89.1 Å². The van der Waals surface area contributed by atoms with Crippen LogP contribution in [0.15, 0.2) is 17.3 Å². The molecule has 2 heterocycles. The number of fused-ring (bicyclic) bond motifs is 1. The lowest BCUT2D eigenvalue weighted by Crippen LogP contribution is -2.17. The Balaban J connectivity index is 1.44. The molecule has 0 fully saturated rings. The van der Waals surface area contributed by atoms with E-state index in [1.54, 1.807) is 6.92 Å².